The Hall–Kier alpha value is -0.0800. The summed E-state index contributed by atoms with van der Waals surface area (Å²) in [6, 6.07) is 0. The summed E-state index contributed by atoms with van der Waals surface area (Å²) < 4.78 is 5.60. The van der Waals surface area contributed by atoms with Gasteiger partial charge in [-0.25, -0.2) is 0 Å². The summed E-state index contributed by atoms with van der Waals surface area (Å²) in [7, 11) is 0. The summed E-state index contributed by atoms with van der Waals surface area (Å²) in [5, 5.41) is 3.47. The fraction of sp³-hybridized carbons (Fsp3) is 1.00. The molecule has 0 radical (unpaired) electrons. The van der Waals surface area contributed by atoms with E-state index in [9.17, 15) is 0 Å². The second-order valence-electron chi connectivity index (χ2n) is 5.33. The van der Waals surface area contributed by atoms with Crippen LogP contribution in [0.3, 0.4) is 0 Å². The van der Waals surface area contributed by atoms with Crippen molar-refractivity contribution in [2.24, 2.45) is 5.92 Å². The third kappa shape index (κ3) is 15.9. The molecule has 0 aromatic rings. The fourth-order valence-electron chi connectivity index (χ4n) is 1.75. The summed E-state index contributed by atoms with van der Waals surface area (Å²) in [6.07, 6.45) is 9.02. The predicted molar refractivity (Wildman–Crippen MR) is 76.5 cm³/mol. The van der Waals surface area contributed by atoms with E-state index in [1.807, 2.05) is 0 Å². The highest BCUT2D eigenvalue weighted by Crippen LogP contribution is 2.00. The smallest absolute Gasteiger partial charge is 0.0466 e. The van der Waals surface area contributed by atoms with Crippen LogP contribution in [0.5, 0.6) is 0 Å². The fourth-order valence-corrected chi connectivity index (χ4v) is 1.75. The lowest BCUT2D eigenvalue weighted by Gasteiger charge is -2.07. The van der Waals surface area contributed by atoms with Gasteiger partial charge in [0.1, 0.15) is 0 Å². The zero-order valence-corrected chi connectivity index (χ0v) is 12.3. The molecule has 0 bridgehead atoms. The van der Waals surface area contributed by atoms with Crippen LogP contribution in [-0.2, 0) is 4.74 Å². The highest BCUT2D eigenvalue weighted by molar-refractivity contribution is 4.51. The van der Waals surface area contributed by atoms with Crippen molar-refractivity contribution in [2.45, 2.75) is 65.7 Å². The van der Waals surface area contributed by atoms with Crippen LogP contribution in [0.4, 0.5) is 0 Å². The van der Waals surface area contributed by atoms with E-state index in [4.69, 9.17) is 4.74 Å². The maximum absolute atomic E-state index is 5.60. The van der Waals surface area contributed by atoms with Gasteiger partial charge in [-0.05, 0) is 44.7 Å². The maximum Gasteiger partial charge on any atom is 0.0466 e. The zero-order valence-electron chi connectivity index (χ0n) is 12.3. The molecule has 0 amide bonds. The van der Waals surface area contributed by atoms with E-state index >= 15 is 0 Å². The Morgan fingerprint density at radius 2 is 1.53 bits per heavy atom. The lowest BCUT2D eigenvalue weighted by Crippen LogP contribution is -2.20. The van der Waals surface area contributed by atoms with Crippen molar-refractivity contribution in [1.82, 2.24) is 5.32 Å². The van der Waals surface area contributed by atoms with Gasteiger partial charge < -0.3 is 10.1 Å². The molecule has 0 saturated carbocycles. The number of ether oxygens (including phenoxy) is 1. The maximum atomic E-state index is 5.60. The van der Waals surface area contributed by atoms with Gasteiger partial charge >= 0.3 is 0 Å². The average Bonchev–Trinajstić information content (AvgIpc) is 2.30. The molecule has 2 heteroatoms. The highest BCUT2D eigenvalue weighted by Gasteiger charge is 1.94. The minimum absolute atomic E-state index is 0.765. The van der Waals surface area contributed by atoms with Gasteiger partial charge in [-0.1, -0.05) is 40.0 Å². The van der Waals surface area contributed by atoms with Crippen LogP contribution in [0, 0.1) is 5.92 Å². The van der Waals surface area contributed by atoms with E-state index in [0.29, 0.717) is 0 Å². The monoisotopic (exact) mass is 243 g/mol. The van der Waals surface area contributed by atoms with Gasteiger partial charge in [0, 0.05) is 13.2 Å². The van der Waals surface area contributed by atoms with E-state index < -0.39 is 0 Å². The molecule has 0 aliphatic carbocycles. The number of hydrogen-bond acceptors (Lipinski definition) is 2. The van der Waals surface area contributed by atoms with E-state index in [1.54, 1.807) is 0 Å². The van der Waals surface area contributed by atoms with Crippen LogP contribution in [-0.4, -0.2) is 26.3 Å². The van der Waals surface area contributed by atoms with Crippen LogP contribution in [0.15, 0.2) is 0 Å². The predicted octanol–water partition coefficient (Wildman–Crippen LogP) is 4.00. The lowest BCUT2D eigenvalue weighted by molar-refractivity contribution is 0.126. The van der Waals surface area contributed by atoms with Crippen LogP contribution in [0.1, 0.15) is 65.7 Å². The average molecular weight is 243 g/mol. The minimum atomic E-state index is 0.765. The quantitative estimate of drug-likeness (QED) is 0.494. The third-order valence-corrected chi connectivity index (χ3v) is 2.84. The van der Waals surface area contributed by atoms with E-state index in [2.05, 4.69) is 26.1 Å². The molecule has 0 aliphatic rings. The molecule has 0 unspecified atom stereocenters. The second-order valence-corrected chi connectivity index (χ2v) is 5.33. The second kappa shape index (κ2) is 14.0. The highest BCUT2D eigenvalue weighted by atomic mass is 16.5. The van der Waals surface area contributed by atoms with Crippen LogP contribution >= 0.6 is 0 Å². The van der Waals surface area contributed by atoms with Gasteiger partial charge in [0.05, 0.1) is 0 Å². The molecule has 0 aromatic carbocycles. The Morgan fingerprint density at radius 1 is 0.882 bits per heavy atom. The van der Waals surface area contributed by atoms with E-state index in [-0.39, 0.29) is 0 Å². The first kappa shape index (κ1) is 16.9. The number of unbranched alkanes of at least 4 members (excludes halogenated alkanes) is 5. The Kier molecular flexibility index (Phi) is 13.9. The largest absolute Gasteiger partial charge is 0.381 e. The summed E-state index contributed by atoms with van der Waals surface area (Å²) in [5.41, 5.74) is 0. The van der Waals surface area contributed by atoms with Crippen molar-refractivity contribution in [3.05, 3.63) is 0 Å². The van der Waals surface area contributed by atoms with Crippen molar-refractivity contribution in [1.29, 1.82) is 0 Å². The number of nitrogens with one attached hydrogen (secondary N) is 1. The zero-order chi connectivity index (χ0) is 12.8. The summed E-state index contributed by atoms with van der Waals surface area (Å²) >= 11 is 0. The SMILES string of the molecule is CCCCCCOCCCCCNCC(C)C. The Labute approximate surface area is 109 Å². The summed E-state index contributed by atoms with van der Waals surface area (Å²) in [5.74, 6) is 0.765. The van der Waals surface area contributed by atoms with Crippen LogP contribution < -0.4 is 5.32 Å². The Balaban J connectivity index is 2.89. The first-order valence-corrected chi connectivity index (χ1v) is 7.55. The first-order chi connectivity index (χ1) is 8.27. The van der Waals surface area contributed by atoms with Crippen LogP contribution in [0.25, 0.3) is 0 Å². The molecule has 0 heterocycles. The Bertz CT molecular complexity index is 137. The van der Waals surface area contributed by atoms with Gasteiger partial charge in [0.2, 0.25) is 0 Å². The normalized spacial score (nSPS) is 11.3. The van der Waals surface area contributed by atoms with Crippen LogP contribution in [0.2, 0.25) is 0 Å². The molecule has 17 heavy (non-hydrogen) atoms. The molecule has 2 nitrogen and oxygen atoms in total. The number of hydrogen-bond donors (Lipinski definition) is 1. The van der Waals surface area contributed by atoms with Crippen molar-refractivity contribution < 1.29 is 4.74 Å². The van der Waals surface area contributed by atoms with E-state index in [0.717, 1.165) is 32.2 Å². The molecule has 0 aliphatic heterocycles. The molecule has 0 saturated heterocycles. The van der Waals surface area contributed by atoms with Gasteiger partial charge in [-0.3, -0.25) is 0 Å². The molecular formula is C15H33NO. The Morgan fingerprint density at radius 3 is 2.12 bits per heavy atom. The standard InChI is InChI=1S/C15H33NO/c1-4-5-6-9-12-17-13-10-7-8-11-16-14-15(2)3/h15-16H,4-14H2,1-3H3. The number of rotatable bonds is 13. The first-order valence-electron chi connectivity index (χ1n) is 7.55. The molecule has 104 valence electrons. The summed E-state index contributed by atoms with van der Waals surface area (Å²) in [6.45, 7) is 11.0. The summed E-state index contributed by atoms with van der Waals surface area (Å²) in [4.78, 5) is 0. The van der Waals surface area contributed by atoms with Crippen molar-refractivity contribution in [2.75, 3.05) is 26.3 Å². The molecule has 0 fully saturated rings. The van der Waals surface area contributed by atoms with E-state index in [1.165, 1.54) is 44.9 Å². The van der Waals surface area contributed by atoms with Gasteiger partial charge in [0.25, 0.3) is 0 Å². The lowest BCUT2D eigenvalue weighted by atomic mass is 10.2. The molecule has 0 atom stereocenters. The van der Waals surface area contributed by atoms with Crippen molar-refractivity contribution in [3.8, 4) is 0 Å². The van der Waals surface area contributed by atoms with Crippen molar-refractivity contribution in [3.63, 3.8) is 0 Å². The molecule has 0 aromatic heterocycles. The topological polar surface area (TPSA) is 21.3 Å². The van der Waals surface area contributed by atoms with Crippen molar-refractivity contribution >= 4 is 0 Å². The van der Waals surface area contributed by atoms with Gasteiger partial charge in [-0.15, -0.1) is 0 Å². The minimum Gasteiger partial charge on any atom is -0.381 e. The molecule has 1 N–H and O–H groups in total. The molecular weight excluding hydrogens is 210 g/mol. The molecule has 0 rings (SSSR count). The molecule has 0 spiro atoms. The van der Waals surface area contributed by atoms with Gasteiger partial charge in [0.15, 0.2) is 0 Å². The van der Waals surface area contributed by atoms with Gasteiger partial charge in [-0.2, -0.15) is 0 Å². The third-order valence-electron chi connectivity index (χ3n) is 2.84.